The molecule has 1 atom stereocenters. The summed E-state index contributed by atoms with van der Waals surface area (Å²) in [6.07, 6.45) is 8.86. The average molecular weight is 344 g/mol. The van der Waals surface area contributed by atoms with Crippen molar-refractivity contribution in [3.05, 3.63) is 30.4 Å². The molecule has 136 valence electrons. The molecule has 2 heterocycles. The molecule has 1 saturated carbocycles. The van der Waals surface area contributed by atoms with Crippen molar-refractivity contribution in [3.63, 3.8) is 0 Å². The van der Waals surface area contributed by atoms with Gasteiger partial charge in [0.1, 0.15) is 5.82 Å². The zero-order valence-electron chi connectivity index (χ0n) is 15.4. The maximum Gasteiger partial charge on any atom is 0.312 e. The van der Waals surface area contributed by atoms with E-state index in [2.05, 4.69) is 23.7 Å². The van der Waals surface area contributed by atoms with Gasteiger partial charge in [0.05, 0.1) is 24.8 Å². The Morgan fingerprint density at radius 1 is 1.44 bits per heavy atom. The van der Waals surface area contributed by atoms with Crippen molar-refractivity contribution in [2.75, 3.05) is 17.3 Å². The van der Waals surface area contributed by atoms with Crippen LogP contribution in [0.1, 0.15) is 52.9 Å². The van der Waals surface area contributed by atoms with Gasteiger partial charge in [-0.05, 0) is 36.8 Å². The lowest BCUT2D eigenvalue weighted by atomic mass is 9.75. The smallest absolute Gasteiger partial charge is 0.312 e. The lowest BCUT2D eigenvalue weighted by molar-refractivity contribution is -0.139. The lowest BCUT2D eigenvalue weighted by Crippen LogP contribution is -2.40. The number of hydrogen-bond acceptors (Lipinski definition) is 6. The largest absolute Gasteiger partial charge is 0.408 e. The summed E-state index contributed by atoms with van der Waals surface area (Å²) in [6, 6.07) is 4.14. The van der Waals surface area contributed by atoms with Crippen LogP contribution in [0.4, 0.5) is 11.5 Å². The molecule has 2 aliphatic rings. The topological polar surface area (TPSA) is 71.7 Å². The Kier molecular flexibility index (Phi) is 4.88. The van der Waals surface area contributed by atoms with E-state index < -0.39 is 0 Å². The minimum Gasteiger partial charge on any atom is -0.408 e. The van der Waals surface area contributed by atoms with Crippen LogP contribution in [0, 0.1) is 5.41 Å². The number of anilines is 2. The average Bonchev–Trinajstić information content (AvgIpc) is 2.98. The first-order chi connectivity index (χ1) is 11.9. The van der Waals surface area contributed by atoms with Gasteiger partial charge >= 0.3 is 5.97 Å². The first kappa shape index (κ1) is 17.6. The summed E-state index contributed by atoms with van der Waals surface area (Å²) in [5.41, 5.74) is 6.93. The summed E-state index contributed by atoms with van der Waals surface area (Å²) >= 11 is 0. The molecule has 1 aliphatic heterocycles. The Morgan fingerprint density at radius 3 is 2.88 bits per heavy atom. The van der Waals surface area contributed by atoms with E-state index in [4.69, 9.17) is 10.5 Å². The monoisotopic (exact) mass is 344 g/mol. The third-order valence-electron chi connectivity index (χ3n) is 5.08. The van der Waals surface area contributed by atoms with Gasteiger partial charge in [-0.3, -0.25) is 9.69 Å². The van der Waals surface area contributed by atoms with Gasteiger partial charge in [-0.15, -0.1) is 0 Å². The number of ether oxygens (including phenoxy) is 1. The van der Waals surface area contributed by atoms with E-state index >= 15 is 0 Å². The number of nitrogens with zero attached hydrogens (tertiary/aromatic N) is 3. The van der Waals surface area contributed by atoms with Gasteiger partial charge in [0.25, 0.3) is 0 Å². The molecule has 1 fully saturated rings. The second-order valence-corrected chi connectivity index (χ2v) is 7.73. The third kappa shape index (κ3) is 4.06. The van der Waals surface area contributed by atoms with E-state index in [0.717, 1.165) is 12.1 Å². The number of carbonyl (C=O) groups is 1. The number of aromatic nitrogens is 1. The Balaban J connectivity index is 1.82. The van der Waals surface area contributed by atoms with Gasteiger partial charge in [0.2, 0.25) is 5.88 Å². The fourth-order valence-corrected chi connectivity index (χ4v) is 3.68. The maximum absolute atomic E-state index is 11.8. The van der Waals surface area contributed by atoms with Crippen LogP contribution in [0.25, 0.3) is 0 Å². The first-order valence-electron chi connectivity index (χ1n) is 9.05. The van der Waals surface area contributed by atoms with Crippen LogP contribution in [0.2, 0.25) is 0 Å². The minimum atomic E-state index is -0.231. The Labute approximate surface area is 149 Å². The standard InChI is InChI=1S/C19H28N4O2/c1-4-18(24)25-17-12-22(14-6-5-9-19(2,3)10-14)13-23(17)15-7-8-16(20)21-11-15/h7-8,11-12,14H,4-6,9-10,13H2,1-3H3,(H2,20,21). The highest BCUT2D eigenvalue weighted by Gasteiger charge is 2.35. The van der Waals surface area contributed by atoms with Crippen molar-refractivity contribution >= 4 is 17.5 Å². The van der Waals surface area contributed by atoms with Gasteiger partial charge in [-0.2, -0.15) is 0 Å². The van der Waals surface area contributed by atoms with E-state index in [9.17, 15) is 4.79 Å². The van der Waals surface area contributed by atoms with Crippen molar-refractivity contribution in [1.82, 2.24) is 9.88 Å². The van der Waals surface area contributed by atoms with Gasteiger partial charge in [0, 0.05) is 12.5 Å². The summed E-state index contributed by atoms with van der Waals surface area (Å²) in [6.45, 7) is 7.13. The highest BCUT2D eigenvalue weighted by molar-refractivity contribution is 5.71. The highest BCUT2D eigenvalue weighted by Crippen LogP contribution is 2.39. The number of esters is 1. The molecule has 2 N–H and O–H groups in total. The predicted molar refractivity (Wildman–Crippen MR) is 98.3 cm³/mol. The summed E-state index contributed by atoms with van der Waals surface area (Å²) in [5, 5.41) is 0. The Morgan fingerprint density at radius 2 is 2.24 bits per heavy atom. The zero-order valence-corrected chi connectivity index (χ0v) is 15.4. The van der Waals surface area contributed by atoms with Crippen molar-refractivity contribution in [2.24, 2.45) is 5.41 Å². The highest BCUT2D eigenvalue weighted by atomic mass is 16.6. The molecule has 0 aromatic carbocycles. The predicted octanol–water partition coefficient (Wildman–Crippen LogP) is 3.46. The summed E-state index contributed by atoms with van der Waals surface area (Å²) in [4.78, 5) is 20.3. The van der Waals surface area contributed by atoms with Crippen molar-refractivity contribution in [2.45, 2.75) is 58.9 Å². The number of hydrogen-bond donors (Lipinski definition) is 1. The van der Waals surface area contributed by atoms with Gasteiger partial charge < -0.3 is 15.4 Å². The SMILES string of the molecule is CCC(=O)OC1=CN(C2CCCC(C)(C)C2)CN1c1ccc(N)nc1. The summed E-state index contributed by atoms with van der Waals surface area (Å²) < 4.78 is 5.58. The van der Waals surface area contributed by atoms with Crippen LogP contribution in [0.5, 0.6) is 0 Å². The van der Waals surface area contributed by atoms with E-state index in [-0.39, 0.29) is 5.97 Å². The molecular weight excluding hydrogens is 316 g/mol. The van der Waals surface area contributed by atoms with E-state index in [0.29, 0.717) is 36.2 Å². The molecule has 25 heavy (non-hydrogen) atoms. The number of rotatable bonds is 4. The van der Waals surface area contributed by atoms with E-state index in [1.54, 1.807) is 19.2 Å². The molecule has 1 aliphatic carbocycles. The molecule has 0 bridgehead atoms. The molecule has 0 spiro atoms. The molecule has 0 saturated heterocycles. The van der Waals surface area contributed by atoms with Gasteiger partial charge in [-0.1, -0.05) is 27.2 Å². The normalized spacial score (nSPS) is 22.7. The van der Waals surface area contributed by atoms with Crippen LogP contribution in [-0.4, -0.2) is 28.6 Å². The molecule has 6 nitrogen and oxygen atoms in total. The van der Waals surface area contributed by atoms with E-state index in [1.807, 2.05) is 17.2 Å². The van der Waals surface area contributed by atoms with Gasteiger partial charge in [-0.25, -0.2) is 4.98 Å². The lowest BCUT2D eigenvalue weighted by Gasteiger charge is -2.40. The molecule has 0 radical (unpaired) electrons. The molecule has 3 rings (SSSR count). The fraction of sp³-hybridized carbons (Fsp3) is 0.579. The number of pyridine rings is 1. The number of carbonyl (C=O) groups excluding carboxylic acids is 1. The van der Waals surface area contributed by atoms with Crippen LogP contribution in [0.15, 0.2) is 30.4 Å². The fourth-order valence-electron chi connectivity index (χ4n) is 3.68. The van der Waals surface area contributed by atoms with Gasteiger partial charge in [0.15, 0.2) is 0 Å². The number of nitrogens with two attached hydrogens (primary N) is 1. The van der Waals surface area contributed by atoms with Crippen LogP contribution in [-0.2, 0) is 9.53 Å². The molecule has 1 aromatic heterocycles. The first-order valence-corrected chi connectivity index (χ1v) is 9.05. The zero-order chi connectivity index (χ0) is 18.0. The summed E-state index contributed by atoms with van der Waals surface area (Å²) in [5.74, 6) is 0.817. The van der Waals surface area contributed by atoms with Crippen LogP contribution >= 0.6 is 0 Å². The van der Waals surface area contributed by atoms with Crippen LogP contribution < -0.4 is 10.6 Å². The molecule has 6 heteroatoms. The van der Waals surface area contributed by atoms with Crippen molar-refractivity contribution in [1.29, 1.82) is 0 Å². The molecular formula is C19H28N4O2. The van der Waals surface area contributed by atoms with Crippen molar-refractivity contribution in [3.8, 4) is 0 Å². The second-order valence-electron chi connectivity index (χ2n) is 7.73. The quantitative estimate of drug-likeness (QED) is 0.843. The molecule has 0 amide bonds. The van der Waals surface area contributed by atoms with E-state index in [1.165, 1.54) is 19.3 Å². The third-order valence-corrected chi connectivity index (χ3v) is 5.08. The molecule has 1 aromatic rings. The minimum absolute atomic E-state index is 0.231. The number of nitrogen functional groups attached to an aromatic ring is 1. The second kappa shape index (κ2) is 6.94. The maximum atomic E-state index is 11.8. The van der Waals surface area contributed by atoms with Crippen molar-refractivity contribution < 1.29 is 9.53 Å². The Hall–Kier alpha value is -2.24. The molecule has 1 unspecified atom stereocenters. The van der Waals surface area contributed by atoms with Crippen LogP contribution in [0.3, 0.4) is 0 Å². The summed E-state index contributed by atoms with van der Waals surface area (Å²) in [7, 11) is 0. The Bertz CT molecular complexity index is 654.